The summed E-state index contributed by atoms with van der Waals surface area (Å²) in [6.45, 7) is 0. The molecule has 3 nitrogen and oxygen atoms in total. The number of hydrogen-bond donors (Lipinski definition) is 1. The molecular formula is C2H7ClNO2P. The summed E-state index contributed by atoms with van der Waals surface area (Å²) in [6, 6.07) is 0. The average molecular weight is 144 g/mol. The molecule has 0 heterocycles. The van der Waals surface area contributed by atoms with Crippen molar-refractivity contribution in [3.63, 3.8) is 0 Å². The first-order valence-corrected chi connectivity index (χ1v) is 3.15. The largest absolute Gasteiger partial charge is 0.325 e. The fourth-order valence-corrected chi connectivity index (χ4v) is 0.845. The van der Waals surface area contributed by atoms with E-state index in [-0.39, 0.29) is 0 Å². The Morgan fingerprint density at radius 2 is 1.86 bits per heavy atom. The molecule has 1 N–H and O–H groups in total. The maximum absolute atomic E-state index is 5.10. The maximum Gasteiger partial charge on any atom is 0.270 e. The van der Waals surface area contributed by atoms with Crippen molar-refractivity contribution in [2.45, 2.75) is 0 Å². The maximum atomic E-state index is 5.10. The van der Waals surface area contributed by atoms with E-state index in [0.717, 1.165) is 0 Å². The van der Waals surface area contributed by atoms with Crippen LogP contribution in [0.15, 0.2) is 0 Å². The summed E-state index contributed by atoms with van der Waals surface area (Å²) in [6.07, 6.45) is 0. The molecule has 0 saturated heterocycles. The van der Waals surface area contributed by atoms with E-state index >= 15 is 0 Å². The molecular weight excluding hydrogens is 136 g/mol. The van der Waals surface area contributed by atoms with Crippen molar-refractivity contribution in [3.05, 3.63) is 0 Å². The summed E-state index contributed by atoms with van der Waals surface area (Å²) in [7, 11) is 2.00. The molecule has 5 heteroatoms. The normalized spacial score (nSPS) is 10.3. The second-order valence-corrected chi connectivity index (χ2v) is 2.63. The molecule has 0 aromatic carbocycles. The Kier molecular flexibility index (Phi) is 5.16. The van der Waals surface area contributed by atoms with Crippen molar-refractivity contribution >= 4 is 20.3 Å². The third-order valence-electron chi connectivity index (χ3n) is 0.401. The van der Waals surface area contributed by atoms with E-state index in [0.29, 0.717) is 0 Å². The van der Waals surface area contributed by atoms with Crippen molar-refractivity contribution in [2.75, 3.05) is 14.2 Å². The molecule has 0 unspecified atom stereocenters. The van der Waals surface area contributed by atoms with Crippen LogP contribution in [0.5, 0.6) is 0 Å². The van der Waals surface area contributed by atoms with Gasteiger partial charge in [-0.15, -0.1) is 0 Å². The van der Waals surface area contributed by atoms with Crippen LogP contribution >= 0.6 is 20.3 Å². The summed E-state index contributed by atoms with van der Waals surface area (Å²) in [5, 5.41) is 0. The summed E-state index contributed by atoms with van der Waals surface area (Å²) >= 11 is 5.10. The van der Waals surface area contributed by atoms with E-state index in [1.54, 1.807) is 0 Å². The first kappa shape index (κ1) is 7.60. The fourth-order valence-electron chi connectivity index (χ4n) is 0.144. The van der Waals surface area contributed by atoms with Gasteiger partial charge < -0.3 is 9.05 Å². The number of nitrogens with one attached hydrogen (secondary N) is 1. The van der Waals surface area contributed by atoms with Crippen LogP contribution in [0, 0.1) is 0 Å². The molecule has 0 aromatic heterocycles. The zero-order chi connectivity index (χ0) is 5.70. The molecule has 0 aliphatic heterocycles. The Hall–Kier alpha value is 0.600. The second-order valence-electron chi connectivity index (χ2n) is 0.707. The molecule has 0 bridgehead atoms. The quantitative estimate of drug-likeness (QED) is 0.477. The van der Waals surface area contributed by atoms with E-state index < -0.39 is 8.53 Å². The zero-order valence-corrected chi connectivity index (χ0v) is 5.79. The molecule has 0 radical (unpaired) electrons. The van der Waals surface area contributed by atoms with E-state index in [4.69, 9.17) is 11.8 Å². The van der Waals surface area contributed by atoms with Crippen LogP contribution in [0.2, 0.25) is 0 Å². The monoisotopic (exact) mass is 143 g/mol. The molecule has 0 rings (SSSR count). The van der Waals surface area contributed by atoms with Gasteiger partial charge in [0.1, 0.15) is 0 Å². The van der Waals surface area contributed by atoms with Crippen LogP contribution in [-0.2, 0) is 9.05 Å². The lowest BCUT2D eigenvalue weighted by Gasteiger charge is -2.05. The van der Waals surface area contributed by atoms with E-state index in [2.05, 4.69) is 13.7 Å². The molecule has 0 spiro atoms. The van der Waals surface area contributed by atoms with Gasteiger partial charge in [-0.2, -0.15) is 4.61 Å². The van der Waals surface area contributed by atoms with Gasteiger partial charge in [0.05, 0.1) is 0 Å². The Bertz CT molecular complexity index is 37.2. The summed E-state index contributed by atoms with van der Waals surface area (Å²) in [5.41, 5.74) is 0. The van der Waals surface area contributed by atoms with Gasteiger partial charge in [0, 0.05) is 14.2 Å². The number of hydrogen-bond acceptors (Lipinski definition) is 3. The Morgan fingerprint density at radius 3 is 1.86 bits per heavy atom. The SMILES string of the molecule is COP(NCl)OC. The molecule has 0 aliphatic rings. The van der Waals surface area contributed by atoms with Crippen molar-refractivity contribution in [1.29, 1.82) is 0 Å². The van der Waals surface area contributed by atoms with Gasteiger partial charge in [-0.05, 0) is 11.8 Å². The highest BCUT2D eigenvalue weighted by Gasteiger charge is 1.99. The lowest BCUT2D eigenvalue weighted by Crippen LogP contribution is -1.92. The van der Waals surface area contributed by atoms with E-state index in [9.17, 15) is 0 Å². The Balaban J connectivity index is 2.99. The van der Waals surface area contributed by atoms with Gasteiger partial charge in [-0.25, -0.2) is 0 Å². The third-order valence-corrected chi connectivity index (χ3v) is 1.62. The molecule has 0 atom stereocenters. The summed E-state index contributed by atoms with van der Waals surface area (Å²) in [4.78, 5) is 0. The number of rotatable bonds is 3. The second kappa shape index (κ2) is 4.75. The molecule has 7 heavy (non-hydrogen) atoms. The highest BCUT2D eigenvalue weighted by atomic mass is 35.5. The van der Waals surface area contributed by atoms with Crippen LogP contribution in [-0.4, -0.2) is 14.2 Å². The van der Waals surface area contributed by atoms with E-state index in [1.807, 2.05) is 0 Å². The van der Waals surface area contributed by atoms with Gasteiger partial charge in [-0.3, -0.25) is 0 Å². The molecule has 0 fully saturated rings. The van der Waals surface area contributed by atoms with Gasteiger partial charge >= 0.3 is 0 Å². The molecule has 0 saturated carbocycles. The number of halogens is 1. The van der Waals surface area contributed by atoms with Crippen molar-refractivity contribution in [1.82, 2.24) is 4.61 Å². The topological polar surface area (TPSA) is 30.5 Å². The van der Waals surface area contributed by atoms with Crippen LogP contribution in [0.25, 0.3) is 0 Å². The molecule has 0 amide bonds. The van der Waals surface area contributed by atoms with Crippen molar-refractivity contribution in [3.8, 4) is 0 Å². The summed E-state index contributed by atoms with van der Waals surface area (Å²) < 4.78 is 11.6. The highest BCUT2D eigenvalue weighted by molar-refractivity contribution is 7.46. The summed E-state index contributed by atoms with van der Waals surface area (Å²) in [5.74, 6) is 0. The van der Waals surface area contributed by atoms with Gasteiger partial charge in [0.25, 0.3) is 8.53 Å². The van der Waals surface area contributed by atoms with Crippen LogP contribution in [0.1, 0.15) is 0 Å². The van der Waals surface area contributed by atoms with Crippen LogP contribution in [0.4, 0.5) is 0 Å². The van der Waals surface area contributed by atoms with Crippen LogP contribution < -0.4 is 4.61 Å². The first-order chi connectivity index (χ1) is 3.35. The average Bonchev–Trinajstić information content (AvgIpc) is 1.72. The lowest BCUT2D eigenvalue weighted by atomic mass is 11.8. The van der Waals surface area contributed by atoms with Crippen molar-refractivity contribution in [2.24, 2.45) is 0 Å². The predicted octanol–water partition coefficient (Wildman–Crippen LogP) is 1.25. The minimum atomic E-state index is -1.04. The molecule has 0 aromatic rings. The Morgan fingerprint density at radius 1 is 1.43 bits per heavy atom. The lowest BCUT2D eigenvalue weighted by molar-refractivity contribution is 0.337. The van der Waals surface area contributed by atoms with Gasteiger partial charge in [0.2, 0.25) is 0 Å². The fraction of sp³-hybridized carbons (Fsp3) is 1.00. The first-order valence-electron chi connectivity index (χ1n) is 1.59. The molecule has 0 aliphatic carbocycles. The minimum Gasteiger partial charge on any atom is -0.325 e. The van der Waals surface area contributed by atoms with Gasteiger partial charge in [0.15, 0.2) is 0 Å². The zero-order valence-electron chi connectivity index (χ0n) is 4.14. The van der Waals surface area contributed by atoms with Crippen LogP contribution in [0.3, 0.4) is 0 Å². The molecule has 44 valence electrons. The van der Waals surface area contributed by atoms with Crippen molar-refractivity contribution < 1.29 is 9.05 Å². The van der Waals surface area contributed by atoms with E-state index in [1.165, 1.54) is 14.2 Å². The Labute approximate surface area is 49.0 Å². The minimum absolute atomic E-state index is 1.04. The standard InChI is InChI=1S/C2H7ClNO2P/c1-5-7(4-3)6-2/h4H,1-2H3. The van der Waals surface area contributed by atoms with Gasteiger partial charge in [-0.1, -0.05) is 0 Å². The smallest absolute Gasteiger partial charge is 0.270 e. The third kappa shape index (κ3) is 3.21. The predicted molar refractivity (Wildman–Crippen MR) is 29.9 cm³/mol. The highest BCUT2D eigenvalue weighted by Crippen LogP contribution is 2.30.